The summed E-state index contributed by atoms with van der Waals surface area (Å²) in [6.45, 7) is 1.99. The summed E-state index contributed by atoms with van der Waals surface area (Å²) in [5.74, 6) is -0.691. The van der Waals surface area contributed by atoms with Crippen molar-refractivity contribution in [3.8, 4) is 0 Å². The fraction of sp³-hybridized carbons (Fsp3) is 0.389. The number of carboxylic acids is 1. The van der Waals surface area contributed by atoms with Crippen LogP contribution < -0.4 is 0 Å². The van der Waals surface area contributed by atoms with Crippen LogP contribution in [0.2, 0.25) is 0 Å². The Morgan fingerprint density at radius 3 is 1.95 bits per heavy atom. The van der Waals surface area contributed by atoms with Crippen LogP contribution in [0, 0.1) is 0 Å². The van der Waals surface area contributed by atoms with Gasteiger partial charge in [-0.05, 0) is 26.2 Å². The molecule has 0 amide bonds. The van der Waals surface area contributed by atoms with Crippen LogP contribution in [0.1, 0.15) is 45.4 Å². The number of carbonyl (C=O) groups is 1. The summed E-state index contributed by atoms with van der Waals surface area (Å²) in [6, 6.07) is 0. The summed E-state index contributed by atoms with van der Waals surface area (Å²) < 4.78 is 0. The molecule has 0 atom stereocenters. The van der Waals surface area contributed by atoms with Crippen molar-refractivity contribution in [3.63, 3.8) is 0 Å². The topological polar surface area (TPSA) is 37.3 Å². The van der Waals surface area contributed by atoms with Gasteiger partial charge in [0.15, 0.2) is 0 Å². The molecule has 2 heteroatoms. The monoisotopic (exact) mass is 274 g/mol. The van der Waals surface area contributed by atoms with Gasteiger partial charge in [-0.1, -0.05) is 73.6 Å². The van der Waals surface area contributed by atoms with Gasteiger partial charge in [-0.3, -0.25) is 4.79 Å². The molecule has 0 aliphatic carbocycles. The van der Waals surface area contributed by atoms with Gasteiger partial charge in [0.05, 0.1) is 0 Å². The molecule has 2 nitrogen and oxygen atoms in total. The van der Waals surface area contributed by atoms with E-state index in [4.69, 9.17) is 5.11 Å². The van der Waals surface area contributed by atoms with E-state index in [9.17, 15) is 4.79 Å². The lowest BCUT2D eigenvalue weighted by atomic mass is 10.1. The molecule has 0 aromatic heterocycles. The fourth-order valence-electron chi connectivity index (χ4n) is 1.56. The number of aliphatic carboxylic acids is 1. The van der Waals surface area contributed by atoms with E-state index >= 15 is 0 Å². The third kappa shape index (κ3) is 16.2. The molecule has 0 radical (unpaired) electrons. The predicted molar refractivity (Wildman–Crippen MR) is 86.7 cm³/mol. The summed E-state index contributed by atoms with van der Waals surface area (Å²) in [5, 5.41) is 8.49. The van der Waals surface area contributed by atoms with Crippen molar-refractivity contribution >= 4 is 5.97 Å². The van der Waals surface area contributed by atoms with E-state index in [0.717, 1.165) is 32.1 Å². The summed E-state index contributed by atoms with van der Waals surface area (Å²) in [7, 11) is 0. The van der Waals surface area contributed by atoms with Crippen molar-refractivity contribution in [2.24, 2.45) is 0 Å². The minimum atomic E-state index is -0.691. The van der Waals surface area contributed by atoms with Gasteiger partial charge in [-0.15, -0.1) is 0 Å². The Morgan fingerprint density at radius 2 is 1.35 bits per heavy atom. The van der Waals surface area contributed by atoms with Gasteiger partial charge in [0, 0.05) is 6.42 Å². The van der Waals surface area contributed by atoms with Crippen LogP contribution in [0.15, 0.2) is 60.8 Å². The van der Waals surface area contributed by atoms with Gasteiger partial charge in [0.1, 0.15) is 0 Å². The first-order valence-electron chi connectivity index (χ1n) is 7.27. The van der Waals surface area contributed by atoms with Crippen LogP contribution in [0.25, 0.3) is 0 Å². The van der Waals surface area contributed by atoms with E-state index in [2.05, 4.69) is 12.2 Å². The maximum atomic E-state index is 10.3. The highest BCUT2D eigenvalue weighted by molar-refractivity contribution is 5.66. The quantitative estimate of drug-likeness (QED) is 0.414. The molecule has 20 heavy (non-hydrogen) atoms. The van der Waals surface area contributed by atoms with Crippen molar-refractivity contribution < 1.29 is 9.90 Å². The Balaban J connectivity index is 3.45. The Morgan fingerprint density at radius 1 is 0.800 bits per heavy atom. The first kappa shape index (κ1) is 18.2. The number of rotatable bonds is 11. The van der Waals surface area contributed by atoms with E-state index < -0.39 is 5.97 Å². The lowest BCUT2D eigenvalue weighted by Crippen LogP contribution is -1.93. The van der Waals surface area contributed by atoms with Gasteiger partial charge in [-0.2, -0.15) is 0 Å². The maximum Gasteiger partial charge on any atom is 0.303 e. The molecule has 0 saturated heterocycles. The molecular formula is C18H26O2. The van der Waals surface area contributed by atoms with E-state index in [0.29, 0.717) is 6.42 Å². The van der Waals surface area contributed by atoms with Gasteiger partial charge in [-0.25, -0.2) is 0 Å². The summed E-state index contributed by atoms with van der Waals surface area (Å²) in [5.41, 5.74) is 0. The molecule has 110 valence electrons. The molecule has 0 bridgehead atoms. The third-order valence-corrected chi connectivity index (χ3v) is 2.62. The first-order chi connectivity index (χ1) is 9.77. The number of unbranched alkanes of at least 4 members (excludes halogenated alkanes) is 4. The first-order valence-corrected chi connectivity index (χ1v) is 7.27. The minimum absolute atomic E-state index is 0.299. The number of hydrogen-bond donors (Lipinski definition) is 1. The highest BCUT2D eigenvalue weighted by Crippen LogP contribution is 2.05. The van der Waals surface area contributed by atoms with Crippen molar-refractivity contribution in [2.45, 2.75) is 45.4 Å². The van der Waals surface area contributed by atoms with Crippen molar-refractivity contribution in [3.05, 3.63) is 60.8 Å². The molecule has 1 N–H and O–H groups in total. The molecule has 0 aliphatic heterocycles. The predicted octanol–water partition coefficient (Wildman–Crippen LogP) is 5.21. The van der Waals surface area contributed by atoms with Crippen LogP contribution in [-0.4, -0.2) is 11.1 Å². The number of hydrogen-bond acceptors (Lipinski definition) is 1. The van der Waals surface area contributed by atoms with Crippen LogP contribution in [0.4, 0.5) is 0 Å². The fourth-order valence-corrected chi connectivity index (χ4v) is 1.56. The van der Waals surface area contributed by atoms with Crippen LogP contribution in [0.3, 0.4) is 0 Å². The molecule has 0 aromatic carbocycles. The van der Waals surface area contributed by atoms with Gasteiger partial charge in [0.2, 0.25) is 0 Å². The third-order valence-electron chi connectivity index (χ3n) is 2.62. The van der Waals surface area contributed by atoms with Gasteiger partial charge < -0.3 is 5.11 Å². The summed E-state index contributed by atoms with van der Waals surface area (Å²) in [6.07, 6.45) is 25.6. The van der Waals surface area contributed by atoms with Crippen LogP contribution >= 0.6 is 0 Å². The molecule has 0 spiro atoms. The summed E-state index contributed by atoms with van der Waals surface area (Å²) >= 11 is 0. The Bertz CT molecular complexity index is 371. The second-order valence-corrected chi connectivity index (χ2v) is 4.46. The normalized spacial score (nSPS) is 12.8. The molecular weight excluding hydrogens is 248 g/mol. The van der Waals surface area contributed by atoms with Gasteiger partial charge in [0.25, 0.3) is 0 Å². The molecule has 0 saturated carbocycles. The molecule has 0 aliphatic rings. The van der Waals surface area contributed by atoms with E-state index in [1.54, 1.807) is 0 Å². The Kier molecular flexibility index (Phi) is 13.8. The molecule has 0 heterocycles. The zero-order valence-corrected chi connectivity index (χ0v) is 12.4. The minimum Gasteiger partial charge on any atom is -0.481 e. The van der Waals surface area contributed by atoms with Crippen molar-refractivity contribution in [2.75, 3.05) is 0 Å². The SMILES string of the molecule is C/C=C/C=C/C=C/C=C/C=C/CCCCCCC(=O)O. The Labute approximate surface area is 122 Å². The van der Waals surface area contributed by atoms with Crippen molar-refractivity contribution in [1.29, 1.82) is 0 Å². The molecule has 0 aromatic rings. The standard InChI is InChI=1S/C18H26O2/c1-2-3-4-5-6-7-8-9-10-11-12-13-14-15-16-17-18(19)20/h2-11H,12-17H2,1H3,(H,19,20)/b3-2+,5-4+,7-6+,9-8+,11-10+. The highest BCUT2D eigenvalue weighted by Gasteiger charge is 1.95. The number of allylic oxidation sites excluding steroid dienone is 10. The lowest BCUT2D eigenvalue weighted by molar-refractivity contribution is -0.137. The number of carboxylic acid groups (broad SMARTS) is 1. The molecule has 0 fully saturated rings. The largest absolute Gasteiger partial charge is 0.481 e. The highest BCUT2D eigenvalue weighted by atomic mass is 16.4. The zero-order chi connectivity index (χ0) is 14.9. The second kappa shape index (κ2) is 15.2. The van der Waals surface area contributed by atoms with Gasteiger partial charge >= 0.3 is 5.97 Å². The Hall–Kier alpha value is -1.83. The second-order valence-electron chi connectivity index (χ2n) is 4.46. The molecule has 0 unspecified atom stereocenters. The summed E-state index contributed by atoms with van der Waals surface area (Å²) in [4.78, 5) is 10.3. The average molecular weight is 274 g/mol. The maximum absolute atomic E-state index is 10.3. The van der Waals surface area contributed by atoms with Crippen LogP contribution in [0.5, 0.6) is 0 Å². The average Bonchev–Trinajstić information content (AvgIpc) is 2.43. The smallest absolute Gasteiger partial charge is 0.303 e. The molecule has 0 rings (SSSR count). The van der Waals surface area contributed by atoms with E-state index in [1.807, 2.05) is 55.5 Å². The van der Waals surface area contributed by atoms with E-state index in [-0.39, 0.29) is 0 Å². The van der Waals surface area contributed by atoms with E-state index in [1.165, 1.54) is 0 Å². The zero-order valence-electron chi connectivity index (χ0n) is 12.4. The lowest BCUT2D eigenvalue weighted by Gasteiger charge is -1.96. The van der Waals surface area contributed by atoms with Crippen molar-refractivity contribution in [1.82, 2.24) is 0 Å². The van der Waals surface area contributed by atoms with Crippen LogP contribution in [-0.2, 0) is 4.79 Å².